The summed E-state index contributed by atoms with van der Waals surface area (Å²) in [5, 5.41) is 37.3. The van der Waals surface area contributed by atoms with E-state index in [-0.39, 0.29) is 81.6 Å². The lowest BCUT2D eigenvalue weighted by molar-refractivity contribution is -0.144. The fraction of sp³-hybridized carbons (Fsp3) is 0.622. The van der Waals surface area contributed by atoms with Gasteiger partial charge in [-0.2, -0.15) is 0 Å². The second-order valence-electron chi connectivity index (χ2n) is 18.1. The van der Waals surface area contributed by atoms with Crippen LogP contribution >= 0.6 is 0 Å². The number of aliphatic imine (C=N–C) groups is 1. The molecule has 398 valence electrons. The third-order valence-corrected chi connectivity index (χ3v) is 10.6. The first-order valence-corrected chi connectivity index (χ1v) is 23.4. The van der Waals surface area contributed by atoms with Gasteiger partial charge in [0.1, 0.15) is 48.0 Å². The molecule has 9 amide bonds. The first-order chi connectivity index (χ1) is 33.2. The molecule has 8 atom stereocenters. The van der Waals surface area contributed by atoms with Gasteiger partial charge < -0.3 is 81.8 Å². The SMILES string of the molecule is CC(C)C[C@H](NC(=O)[C@H](CCCCN)NC(=O)[C@H](CCC(N)=O)NC(=O)[C@H](CC(C)C)NC(=O)[C@H](Cc1ccc(O)cc1)NC(=O)[C@H](CCCN=C(N)N)NC(=O)[C@H](C)N)C(=O)N[C@@H](CC(N)=O)C(=O)O. The molecule has 0 aliphatic heterocycles. The molecule has 1 aromatic carbocycles. The first-order valence-electron chi connectivity index (χ1n) is 23.4. The maximum Gasteiger partial charge on any atom is 0.326 e. The second-order valence-corrected chi connectivity index (χ2v) is 18.1. The number of phenols is 1. The highest BCUT2D eigenvalue weighted by Crippen LogP contribution is 2.15. The van der Waals surface area contributed by atoms with E-state index >= 15 is 0 Å². The number of nitrogens with two attached hydrogens (primary N) is 6. The standard InChI is InChI=1S/C45H76N14O12/c1-23(2)19-31(57-43(69)33(21-26-11-13-27(60)14-12-26)58-39(65)29(53-37(63)25(5)47)10-8-18-52-45(50)51)41(67)55-30(15-16-35(48)61)40(66)54-28(9-6-7-17-46)38(64)56-32(20-24(3)4)42(68)59-34(44(70)71)22-36(49)62/h11-14,23-25,28-34,60H,6-10,15-22,46-47H2,1-5H3,(H2,48,61)(H2,49,62)(H,53,63)(H,54,66)(H,55,67)(H,56,64)(H,57,69)(H,58,65)(H,59,68)(H,70,71)(H4,50,51,52)/t25-,28-,29-,30-,31-,32-,33-,34-/m0/s1. The van der Waals surface area contributed by atoms with E-state index in [1.54, 1.807) is 27.7 Å². The second kappa shape index (κ2) is 31.9. The molecule has 0 saturated carbocycles. The molecule has 0 aliphatic carbocycles. The van der Waals surface area contributed by atoms with Crippen molar-refractivity contribution in [1.82, 2.24) is 37.2 Å². The Kier molecular flexibility index (Phi) is 27.8. The van der Waals surface area contributed by atoms with Crippen molar-refractivity contribution in [1.29, 1.82) is 0 Å². The highest BCUT2D eigenvalue weighted by atomic mass is 16.4. The summed E-state index contributed by atoms with van der Waals surface area (Å²) >= 11 is 0. The van der Waals surface area contributed by atoms with E-state index in [9.17, 15) is 58.2 Å². The van der Waals surface area contributed by atoms with Crippen molar-refractivity contribution in [2.45, 2.75) is 154 Å². The largest absolute Gasteiger partial charge is 0.508 e. The number of primary amides is 2. The van der Waals surface area contributed by atoms with Crippen LogP contribution in [-0.4, -0.2) is 137 Å². The Balaban J connectivity index is 3.59. The summed E-state index contributed by atoms with van der Waals surface area (Å²) in [4.78, 5) is 136. The van der Waals surface area contributed by atoms with Gasteiger partial charge in [-0.3, -0.25) is 48.1 Å². The van der Waals surface area contributed by atoms with Gasteiger partial charge in [-0.15, -0.1) is 0 Å². The average Bonchev–Trinajstić information content (AvgIpc) is 3.27. The molecule has 26 nitrogen and oxygen atoms in total. The molecule has 0 unspecified atom stereocenters. The van der Waals surface area contributed by atoms with E-state index in [1.165, 1.54) is 31.2 Å². The van der Waals surface area contributed by atoms with E-state index in [1.807, 2.05) is 0 Å². The lowest BCUT2D eigenvalue weighted by Gasteiger charge is -2.28. The Hall–Kier alpha value is -7.09. The van der Waals surface area contributed by atoms with Crippen LogP contribution in [0.1, 0.15) is 104 Å². The number of benzene rings is 1. The minimum Gasteiger partial charge on any atom is -0.508 e. The number of hydrogen-bond donors (Lipinski definition) is 15. The van der Waals surface area contributed by atoms with Crippen LogP contribution in [0.3, 0.4) is 0 Å². The summed E-state index contributed by atoms with van der Waals surface area (Å²) in [5.74, 6) is -10.1. The monoisotopic (exact) mass is 1000 g/mol. The van der Waals surface area contributed by atoms with Crippen molar-refractivity contribution in [3.63, 3.8) is 0 Å². The molecular formula is C45H76N14O12. The number of hydrogen-bond acceptors (Lipinski definition) is 14. The zero-order valence-electron chi connectivity index (χ0n) is 41.2. The van der Waals surface area contributed by atoms with Crippen molar-refractivity contribution in [3.05, 3.63) is 29.8 Å². The van der Waals surface area contributed by atoms with Gasteiger partial charge >= 0.3 is 5.97 Å². The van der Waals surface area contributed by atoms with Crippen molar-refractivity contribution >= 4 is 65.1 Å². The third kappa shape index (κ3) is 25.4. The lowest BCUT2D eigenvalue weighted by atomic mass is 9.99. The number of carboxylic acid groups (broad SMARTS) is 1. The van der Waals surface area contributed by atoms with Crippen LogP contribution in [0.5, 0.6) is 5.75 Å². The molecule has 21 N–H and O–H groups in total. The molecule has 0 heterocycles. The molecule has 0 spiro atoms. The number of nitrogens with one attached hydrogen (secondary N) is 7. The minimum absolute atomic E-state index is 0.00886. The van der Waals surface area contributed by atoms with Crippen molar-refractivity contribution in [3.8, 4) is 5.75 Å². The Morgan fingerprint density at radius 1 is 0.535 bits per heavy atom. The molecule has 1 rings (SSSR count). The molecule has 0 saturated heterocycles. The zero-order chi connectivity index (χ0) is 54.0. The number of nitrogens with zero attached hydrogens (tertiary/aromatic N) is 1. The summed E-state index contributed by atoms with van der Waals surface area (Å²) in [7, 11) is 0. The van der Waals surface area contributed by atoms with Crippen molar-refractivity contribution < 1.29 is 58.2 Å². The number of amides is 9. The van der Waals surface area contributed by atoms with Crippen LogP contribution in [0.2, 0.25) is 0 Å². The molecule has 0 radical (unpaired) electrons. The van der Waals surface area contributed by atoms with Crippen LogP contribution in [0.4, 0.5) is 0 Å². The van der Waals surface area contributed by atoms with Crippen molar-refractivity contribution in [2.75, 3.05) is 13.1 Å². The topological polar surface area (TPSA) is 464 Å². The molecule has 0 fully saturated rings. The number of rotatable bonds is 34. The van der Waals surface area contributed by atoms with Gasteiger partial charge in [-0.05, 0) is 94.4 Å². The predicted molar refractivity (Wildman–Crippen MR) is 261 cm³/mol. The highest BCUT2D eigenvalue weighted by Gasteiger charge is 2.35. The fourth-order valence-corrected chi connectivity index (χ4v) is 6.91. The quantitative estimate of drug-likeness (QED) is 0.0179. The summed E-state index contributed by atoms with van der Waals surface area (Å²) < 4.78 is 0. The van der Waals surface area contributed by atoms with Gasteiger partial charge in [0.05, 0.1) is 12.5 Å². The van der Waals surface area contributed by atoms with E-state index in [0.29, 0.717) is 18.4 Å². The van der Waals surface area contributed by atoms with Gasteiger partial charge in [-0.25, -0.2) is 4.79 Å². The average molecular weight is 1010 g/mol. The van der Waals surface area contributed by atoms with Gasteiger partial charge in [0.15, 0.2) is 5.96 Å². The van der Waals surface area contributed by atoms with E-state index in [0.717, 1.165) is 0 Å². The Bertz CT molecular complexity index is 2000. The van der Waals surface area contributed by atoms with E-state index in [4.69, 9.17) is 34.4 Å². The lowest BCUT2D eigenvalue weighted by Crippen LogP contribution is -2.60. The summed E-state index contributed by atoms with van der Waals surface area (Å²) in [6.45, 7) is 8.73. The number of carbonyl (C=O) groups is 10. The van der Waals surface area contributed by atoms with Crippen LogP contribution in [0.15, 0.2) is 29.3 Å². The van der Waals surface area contributed by atoms with Crippen LogP contribution in [-0.2, 0) is 54.4 Å². The number of guanidine groups is 1. The molecule has 71 heavy (non-hydrogen) atoms. The number of aromatic hydroxyl groups is 1. The molecule has 1 aromatic rings. The number of aliphatic carboxylic acids is 1. The number of carbonyl (C=O) groups excluding carboxylic acids is 9. The molecule has 0 aliphatic rings. The minimum atomic E-state index is -1.69. The fourth-order valence-electron chi connectivity index (χ4n) is 6.91. The predicted octanol–water partition coefficient (Wildman–Crippen LogP) is -3.82. The maximum absolute atomic E-state index is 14.3. The Labute approximate surface area is 413 Å². The Morgan fingerprint density at radius 2 is 0.944 bits per heavy atom. The number of unbranched alkanes of at least 4 members (excludes halogenated alkanes) is 1. The van der Waals surface area contributed by atoms with Crippen LogP contribution < -0.4 is 71.6 Å². The normalized spacial score (nSPS) is 14.4. The molecule has 26 heteroatoms. The summed E-state index contributed by atoms with van der Waals surface area (Å²) in [6, 6.07) is -5.17. The van der Waals surface area contributed by atoms with Gasteiger partial charge in [-0.1, -0.05) is 39.8 Å². The van der Waals surface area contributed by atoms with Crippen LogP contribution in [0, 0.1) is 11.8 Å². The first kappa shape index (κ1) is 61.9. The number of carboxylic acids is 1. The van der Waals surface area contributed by atoms with Crippen molar-refractivity contribution in [2.24, 2.45) is 51.2 Å². The van der Waals surface area contributed by atoms with Crippen LogP contribution in [0.25, 0.3) is 0 Å². The summed E-state index contributed by atoms with van der Waals surface area (Å²) in [6.07, 6.45) is -0.716. The summed E-state index contributed by atoms with van der Waals surface area (Å²) in [5.41, 5.74) is 33.4. The van der Waals surface area contributed by atoms with Gasteiger partial charge in [0.2, 0.25) is 53.2 Å². The molecular weight excluding hydrogens is 929 g/mol. The zero-order valence-corrected chi connectivity index (χ0v) is 41.2. The highest BCUT2D eigenvalue weighted by molar-refractivity contribution is 5.98. The maximum atomic E-state index is 14.3. The molecule has 0 bridgehead atoms. The molecule has 0 aromatic heterocycles. The van der Waals surface area contributed by atoms with E-state index < -0.39 is 120 Å². The number of phenolic OH excluding ortho intramolecular Hbond substituents is 1. The van der Waals surface area contributed by atoms with Gasteiger partial charge in [0.25, 0.3) is 0 Å². The van der Waals surface area contributed by atoms with Gasteiger partial charge in [0, 0.05) is 19.4 Å². The third-order valence-electron chi connectivity index (χ3n) is 10.6. The smallest absolute Gasteiger partial charge is 0.326 e. The van der Waals surface area contributed by atoms with E-state index in [2.05, 4.69) is 42.2 Å². The Morgan fingerprint density at radius 3 is 1.37 bits per heavy atom.